The van der Waals surface area contributed by atoms with Crippen molar-refractivity contribution in [3.8, 4) is 5.75 Å². The quantitative estimate of drug-likeness (QED) is 0.782. The molecule has 0 unspecified atom stereocenters. The fourth-order valence-electron chi connectivity index (χ4n) is 3.23. The Kier molecular flexibility index (Phi) is 6.56. The van der Waals surface area contributed by atoms with E-state index in [4.69, 9.17) is 4.74 Å². The van der Waals surface area contributed by atoms with Crippen molar-refractivity contribution in [2.45, 2.75) is 18.7 Å². The van der Waals surface area contributed by atoms with Crippen LogP contribution in [0.3, 0.4) is 0 Å². The number of likely N-dealkylation sites (N-methyl/N-ethyl adjacent to an activating group) is 1. The summed E-state index contributed by atoms with van der Waals surface area (Å²) in [6.45, 7) is 6.35. The van der Waals surface area contributed by atoms with Crippen molar-refractivity contribution in [3.63, 3.8) is 0 Å². The van der Waals surface area contributed by atoms with Crippen LogP contribution < -0.4 is 10.1 Å². The molecule has 2 aromatic rings. The lowest BCUT2D eigenvalue weighted by Gasteiger charge is -2.32. The van der Waals surface area contributed by atoms with Gasteiger partial charge in [-0.25, -0.2) is 8.42 Å². The summed E-state index contributed by atoms with van der Waals surface area (Å²) in [7, 11) is -1.69. The molecule has 0 aliphatic carbocycles. The lowest BCUT2D eigenvalue weighted by atomic mass is 10.1. The number of amides is 1. The number of para-hydroxylation sites is 2. The van der Waals surface area contributed by atoms with E-state index in [1.807, 2.05) is 20.0 Å². The maximum Gasteiger partial charge on any atom is 0.255 e. The van der Waals surface area contributed by atoms with Crippen LogP contribution in [0.2, 0.25) is 0 Å². The number of carbonyl (C=O) groups is 1. The third kappa shape index (κ3) is 4.77. The summed E-state index contributed by atoms with van der Waals surface area (Å²) in [6.07, 6.45) is 0. The normalized spacial score (nSPS) is 15.8. The van der Waals surface area contributed by atoms with E-state index in [1.165, 1.54) is 10.4 Å². The maximum absolute atomic E-state index is 13.1. The second-order valence-corrected chi connectivity index (χ2v) is 8.98. The topological polar surface area (TPSA) is 78.9 Å². The van der Waals surface area contributed by atoms with E-state index in [0.717, 1.165) is 0 Å². The summed E-state index contributed by atoms with van der Waals surface area (Å²) in [5, 5.41) is 2.82. The summed E-state index contributed by atoms with van der Waals surface area (Å²) in [4.78, 5) is 15.1. The third-order valence-corrected chi connectivity index (χ3v) is 7.01. The van der Waals surface area contributed by atoms with Gasteiger partial charge in [0, 0.05) is 31.7 Å². The second-order valence-electron chi connectivity index (χ2n) is 7.07. The highest BCUT2D eigenvalue weighted by Crippen LogP contribution is 2.26. The van der Waals surface area contributed by atoms with E-state index < -0.39 is 10.0 Å². The molecule has 8 heteroatoms. The molecule has 0 bridgehead atoms. The first-order chi connectivity index (χ1) is 13.8. The van der Waals surface area contributed by atoms with Gasteiger partial charge in [0.2, 0.25) is 10.0 Å². The van der Waals surface area contributed by atoms with Crippen LogP contribution in [0.5, 0.6) is 5.75 Å². The van der Waals surface area contributed by atoms with Gasteiger partial charge in [-0.05, 0) is 50.7 Å². The number of sulfonamides is 1. The van der Waals surface area contributed by atoms with Gasteiger partial charge in [0.15, 0.2) is 0 Å². The molecular weight excluding hydrogens is 390 g/mol. The summed E-state index contributed by atoms with van der Waals surface area (Å²) < 4.78 is 33.3. The molecule has 1 saturated heterocycles. The van der Waals surface area contributed by atoms with Gasteiger partial charge in [-0.3, -0.25) is 4.79 Å². The first-order valence-corrected chi connectivity index (χ1v) is 11.1. The Hall–Kier alpha value is -2.42. The van der Waals surface area contributed by atoms with E-state index in [2.05, 4.69) is 10.2 Å². The van der Waals surface area contributed by atoms with Gasteiger partial charge < -0.3 is 15.0 Å². The van der Waals surface area contributed by atoms with Crippen LogP contribution in [0.15, 0.2) is 47.4 Å². The van der Waals surface area contributed by atoms with E-state index in [9.17, 15) is 13.2 Å². The van der Waals surface area contributed by atoms with E-state index in [1.54, 1.807) is 37.3 Å². The standard InChI is InChI=1S/C21H27N3O4S/c1-4-28-19-8-6-5-7-18(19)22-21(25)17-10-9-16(2)20(15-17)29(26,27)24-13-11-23(3)12-14-24/h5-10,15H,4,11-14H2,1-3H3,(H,22,25). The summed E-state index contributed by atoms with van der Waals surface area (Å²) >= 11 is 0. The first-order valence-electron chi connectivity index (χ1n) is 9.65. The maximum atomic E-state index is 13.1. The number of hydrogen-bond donors (Lipinski definition) is 1. The first kappa shape index (κ1) is 21.3. The zero-order valence-corrected chi connectivity index (χ0v) is 17.8. The van der Waals surface area contributed by atoms with Gasteiger partial charge in [0.1, 0.15) is 5.75 Å². The van der Waals surface area contributed by atoms with E-state index >= 15 is 0 Å². The number of carbonyl (C=O) groups excluding carboxylic acids is 1. The Morgan fingerprint density at radius 3 is 2.48 bits per heavy atom. The number of piperazine rings is 1. The molecular formula is C21H27N3O4S. The van der Waals surface area contributed by atoms with Crippen LogP contribution in [0.1, 0.15) is 22.8 Å². The number of nitrogens with zero attached hydrogens (tertiary/aromatic N) is 2. The third-order valence-electron chi connectivity index (χ3n) is 4.97. The Labute approximate surface area is 172 Å². The predicted octanol–water partition coefficient (Wildman–Crippen LogP) is 2.58. The van der Waals surface area contributed by atoms with Crippen molar-refractivity contribution < 1.29 is 17.9 Å². The van der Waals surface area contributed by atoms with Gasteiger partial charge >= 0.3 is 0 Å². The largest absolute Gasteiger partial charge is 0.492 e. The molecule has 0 saturated carbocycles. The Balaban J connectivity index is 1.86. The summed E-state index contributed by atoms with van der Waals surface area (Å²) in [5.41, 5.74) is 1.45. The van der Waals surface area contributed by atoms with Crippen LogP contribution in [-0.2, 0) is 10.0 Å². The molecule has 29 heavy (non-hydrogen) atoms. The average Bonchev–Trinajstić information content (AvgIpc) is 2.70. The molecule has 2 aromatic carbocycles. The second kappa shape index (κ2) is 8.94. The van der Waals surface area contributed by atoms with Gasteiger partial charge in [-0.1, -0.05) is 18.2 Å². The lowest BCUT2D eigenvalue weighted by molar-refractivity contribution is 0.102. The summed E-state index contributed by atoms with van der Waals surface area (Å²) in [6, 6.07) is 11.9. The van der Waals surface area contributed by atoms with Gasteiger partial charge in [-0.15, -0.1) is 0 Å². The molecule has 1 amide bonds. The van der Waals surface area contributed by atoms with Crippen molar-refractivity contribution >= 4 is 21.6 Å². The molecule has 1 aliphatic heterocycles. The van der Waals surface area contributed by atoms with Gasteiger partial charge in [-0.2, -0.15) is 4.31 Å². The van der Waals surface area contributed by atoms with Crippen molar-refractivity contribution in [2.75, 3.05) is 45.2 Å². The number of ether oxygens (including phenoxy) is 1. The van der Waals surface area contributed by atoms with Gasteiger partial charge in [0.05, 0.1) is 17.2 Å². The monoisotopic (exact) mass is 417 g/mol. The molecule has 0 radical (unpaired) electrons. The van der Waals surface area contributed by atoms with Crippen LogP contribution in [0, 0.1) is 6.92 Å². The fraction of sp³-hybridized carbons (Fsp3) is 0.381. The Morgan fingerprint density at radius 2 is 1.79 bits per heavy atom. The molecule has 0 spiro atoms. The molecule has 0 atom stereocenters. The number of rotatable bonds is 6. The lowest BCUT2D eigenvalue weighted by Crippen LogP contribution is -2.47. The molecule has 7 nitrogen and oxygen atoms in total. The smallest absolute Gasteiger partial charge is 0.255 e. The SMILES string of the molecule is CCOc1ccccc1NC(=O)c1ccc(C)c(S(=O)(=O)N2CCN(C)CC2)c1. The van der Waals surface area contributed by atoms with Crippen LogP contribution >= 0.6 is 0 Å². The molecule has 1 N–H and O–H groups in total. The number of aryl methyl sites for hydroxylation is 1. The van der Waals surface area contributed by atoms with Crippen molar-refractivity contribution in [2.24, 2.45) is 0 Å². The zero-order valence-electron chi connectivity index (χ0n) is 17.0. The zero-order chi connectivity index (χ0) is 21.0. The molecule has 1 heterocycles. The minimum Gasteiger partial charge on any atom is -0.492 e. The molecule has 1 aliphatic rings. The highest BCUT2D eigenvalue weighted by atomic mass is 32.2. The average molecular weight is 418 g/mol. The molecule has 1 fully saturated rings. The Morgan fingerprint density at radius 1 is 1.10 bits per heavy atom. The van der Waals surface area contributed by atoms with E-state index in [-0.39, 0.29) is 16.4 Å². The molecule has 3 rings (SSSR count). The fourth-order valence-corrected chi connectivity index (χ4v) is 4.91. The Bertz CT molecular complexity index is 983. The van der Waals surface area contributed by atoms with Gasteiger partial charge in [0.25, 0.3) is 5.91 Å². The molecule has 0 aromatic heterocycles. The van der Waals surface area contributed by atoms with Crippen molar-refractivity contribution in [1.29, 1.82) is 0 Å². The number of anilines is 1. The number of benzene rings is 2. The van der Waals surface area contributed by atoms with Crippen LogP contribution in [-0.4, -0.2) is 63.4 Å². The number of hydrogen-bond acceptors (Lipinski definition) is 5. The minimum atomic E-state index is -3.66. The highest BCUT2D eigenvalue weighted by Gasteiger charge is 2.29. The van der Waals surface area contributed by atoms with Crippen LogP contribution in [0.25, 0.3) is 0 Å². The van der Waals surface area contributed by atoms with E-state index in [0.29, 0.717) is 49.8 Å². The highest BCUT2D eigenvalue weighted by molar-refractivity contribution is 7.89. The predicted molar refractivity (Wildman–Crippen MR) is 113 cm³/mol. The van der Waals surface area contributed by atoms with Crippen LogP contribution in [0.4, 0.5) is 5.69 Å². The minimum absolute atomic E-state index is 0.174. The summed E-state index contributed by atoms with van der Waals surface area (Å²) in [5.74, 6) is 0.188. The number of nitrogens with one attached hydrogen (secondary N) is 1. The van der Waals surface area contributed by atoms with Crippen molar-refractivity contribution in [1.82, 2.24) is 9.21 Å². The van der Waals surface area contributed by atoms with Crippen molar-refractivity contribution in [3.05, 3.63) is 53.6 Å². The molecule has 156 valence electrons.